The molecule has 0 amide bonds. The van der Waals surface area contributed by atoms with E-state index in [0.717, 1.165) is 33.7 Å². The molecule has 0 saturated carbocycles. The molecule has 26 heavy (non-hydrogen) atoms. The Bertz CT molecular complexity index is 967. The van der Waals surface area contributed by atoms with Gasteiger partial charge < -0.3 is 4.90 Å². The molecule has 2 aromatic heterocycles. The molecular formula is C20H22N4OS. The quantitative estimate of drug-likeness (QED) is 0.711. The Balaban J connectivity index is 1.39. The Kier molecular flexibility index (Phi) is 3.90. The summed E-state index contributed by atoms with van der Waals surface area (Å²) in [6.07, 6.45) is 3.11. The van der Waals surface area contributed by atoms with E-state index in [1.54, 1.807) is 11.3 Å². The Morgan fingerprint density at radius 1 is 1.35 bits per heavy atom. The number of carbonyl (C=O) groups is 1. The van der Waals surface area contributed by atoms with Gasteiger partial charge in [-0.3, -0.25) is 9.89 Å². The summed E-state index contributed by atoms with van der Waals surface area (Å²) in [5, 5.41) is 11.4. The monoisotopic (exact) mass is 366 g/mol. The number of nitrogens with one attached hydrogen (secondary N) is 1. The lowest BCUT2D eigenvalue weighted by Crippen LogP contribution is -2.47. The first-order chi connectivity index (χ1) is 12.7. The number of piperidine rings is 3. The fourth-order valence-corrected chi connectivity index (χ4v) is 5.30. The van der Waals surface area contributed by atoms with Gasteiger partial charge in [0.05, 0.1) is 5.52 Å². The van der Waals surface area contributed by atoms with Gasteiger partial charge in [0.15, 0.2) is 5.78 Å². The van der Waals surface area contributed by atoms with Gasteiger partial charge in [-0.1, -0.05) is 6.07 Å². The summed E-state index contributed by atoms with van der Waals surface area (Å²) in [4.78, 5) is 20.0. The van der Waals surface area contributed by atoms with Gasteiger partial charge in [0.1, 0.15) is 10.7 Å². The molecule has 0 spiro atoms. The van der Waals surface area contributed by atoms with Crippen molar-refractivity contribution in [2.24, 2.45) is 11.8 Å². The predicted octanol–water partition coefficient (Wildman–Crippen LogP) is 3.91. The maximum absolute atomic E-state index is 12.9. The molecule has 0 radical (unpaired) electrons. The van der Waals surface area contributed by atoms with E-state index in [-0.39, 0.29) is 5.78 Å². The Labute approximate surface area is 156 Å². The molecule has 3 aromatic rings. The van der Waals surface area contributed by atoms with Crippen molar-refractivity contribution in [1.82, 2.24) is 20.1 Å². The number of nitrogens with zero attached hydrogens (tertiary/aromatic N) is 3. The Morgan fingerprint density at radius 3 is 2.88 bits per heavy atom. The van der Waals surface area contributed by atoms with Crippen molar-refractivity contribution in [3.05, 3.63) is 35.0 Å². The minimum atomic E-state index is 0.174. The number of benzene rings is 1. The smallest absolute Gasteiger partial charge is 0.184 e. The van der Waals surface area contributed by atoms with Gasteiger partial charge in [0, 0.05) is 35.0 Å². The SMILES string of the molecule is Cc1csc(-c2ccc3c(C(=O)C[C@@H]4CN5CCC4CC5)n[nH]c3c2)n1. The number of hydrogen-bond acceptors (Lipinski definition) is 5. The van der Waals surface area contributed by atoms with Crippen LogP contribution in [0.25, 0.3) is 21.5 Å². The molecule has 1 atom stereocenters. The van der Waals surface area contributed by atoms with Crippen LogP contribution >= 0.6 is 11.3 Å². The van der Waals surface area contributed by atoms with Crippen LogP contribution in [0.3, 0.4) is 0 Å². The number of ketones is 1. The largest absolute Gasteiger partial charge is 0.303 e. The molecule has 5 heterocycles. The molecular weight excluding hydrogens is 344 g/mol. The van der Waals surface area contributed by atoms with Gasteiger partial charge in [-0.05, 0) is 56.8 Å². The zero-order valence-electron chi connectivity index (χ0n) is 14.9. The number of thiazole rings is 1. The highest BCUT2D eigenvalue weighted by molar-refractivity contribution is 7.13. The van der Waals surface area contributed by atoms with Crippen molar-refractivity contribution in [3.63, 3.8) is 0 Å². The molecule has 0 unspecified atom stereocenters. The second-order valence-corrected chi connectivity index (χ2v) is 8.51. The summed E-state index contributed by atoms with van der Waals surface area (Å²) in [5.74, 6) is 1.39. The average molecular weight is 366 g/mol. The van der Waals surface area contributed by atoms with Crippen molar-refractivity contribution in [2.75, 3.05) is 19.6 Å². The fraction of sp³-hybridized carbons (Fsp3) is 0.450. The number of carbonyl (C=O) groups excluding carboxylic acids is 1. The zero-order valence-corrected chi connectivity index (χ0v) is 15.7. The number of rotatable bonds is 4. The number of fused-ring (bicyclic) bond motifs is 4. The summed E-state index contributed by atoms with van der Waals surface area (Å²) < 4.78 is 0. The lowest BCUT2D eigenvalue weighted by molar-refractivity contribution is 0.0440. The van der Waals surface area contributed by atoms with E-state index in [2.05, 4.69) is 25.5 Å². The van der Waals surface area contributed by atoms with E-state index in [1.807, 2.05) is 25.1 Å². The van der Waals surface area contributed by atoms with Crippen LogP contribution in [0.2, 0.25) is 0 Å². The minimum absolute atomic E-state index is 0.174. The van der Waals surface area contributed by atoms with E-state index in [4.69, 9.17) is 0 Å². The Morgan fingerprint density at radius 2 is 2.19 bits per heavy atom. The molecule has 3 aliphatic heterocycles. The third-order valence-electron chi connectivity index (χ3n) is 5.93. The van der Waals surface area contributed by atoms with Crippen LogP contribution in [-0.2, 0) is 0 Å². The number of H-pyrrole nitrogens is 1. The Hall–Kier alpha value is -2.05. The molecule has 134 valence electrons. The van der Waals surface area contributed by atoms with Crippen LogP contribution in [0.5, 0.6) is 0 Å². The van der Waals surface area contributed by atoms with Gasteiger partial charge in [0.25, 0.3) is 0 Å². The van der Waals surface area contributed by atoms with Crippen molar-refractivity contribution in [3.8, 4) is 10.6 Å². The van der Waals surface area contributed by atoms with Crippen LogP contribution in [0.4, 0.5) is 0 Å². The van der Waals surface area contributed by atoms with Crippen LogP contribution < -0.4 is 0 Å². The van der Waals surface area contributed by atoms with Gasteiger partial charge in [-0.15, -0.1) is 11.3 Å². The first-order valence-corrected chi connectivity index (χ1v) is 10.2. The van der Waals surface area contributed by atoms with Gasteiger partial charge in [0.2, 0.25) is 0 Å². The summed E-state index contributed by atoms with van der Waals surface area (Å²) >= 11 is 1.64. The van der Waals surface area contributed by atoms with E-state index in [1.165, 1.54) is 25.9 Å². The highest BCUT2D eigenvalue weighted by Crippen LogP contribution is 2.35. The van der Waals surface area contributed by atoms with Crippen LogP contribution in [0.15, 0.2) is 23.6 Å². The first-order valence-electron chi connectivity index (χ1n) is 9.33. The third kappa shape index (κ3) is 2.77. The molecule has 2 bridgehead atoms. The van der Waals surface area contributed by atoms with E-state index in [9.17, 15) is 4.79 Å². The third-order valence-corrected chi connectivity index (χ3v) is 6.94. The topological polar surface area (TPSA) is 61.9 Å². The fourth-order valence-electron chi connectivity index (χ4n) is 4.51. The average Bonchev–Trinajstić information content (AvgIpc) is 3.28. The van der Waals surface area contributed by atoms with Gasteiger partial charge in [-0.2, -0.15) is 5.10 Å². The second kappa shape index (κ2) is 6.28. The van der Waals surface area contributed by atoms with E-state index in [0.29, 0.717) is 24.0 Å². The zero-order chi connectivity index (χ0) is 17.7. The molecule has 6 rings (SSSR count). The highest BCUT2D eigenvalue weighted by atomic mass is 32.1. The summed E-state index contributed by atoms with van der Waals surface area (Å²) in [7, 11) is 0. The lowest BCUT2D eigenvalue weighted by Gasteiger charge is -2.44. The maximum atomic E-state index is 12.9. The summed E-state index contributed by atoms with van der Waals surface area (Å²) in [6.45, 7) is 5.49. The molecule has 5 nitrogen and oxygen atoms in total. The molecule has 3 saturated heterocycles. The van der Waals surface area contributed by atoms with Crippen LogP contribution in [0, 0.1) is 18.8 Å². The van der Waals surface area contributed by atoms with Crippen LogP contribution in [-0.4, -0.2) is 45.5 Å². The molecule has 6 heteroatoms. The van der Waals surface area contributed by atoms with Crippen molar-refractivity contribution in [1.29, 1.82) is 0 Å². The minimum Gasteiger partial charge on any atom is -0.303 e. The highest BCUT2D eigenvalue weighted by Gasteiger charge is 2.35. The molecule has 1 aromatic carbocycles. The number of Topliss-reactive ketones (excluding diaryl/α,β-unsaturated/α-hetero) is 1. The van der Waals surface area contributed by atoms with Crippen LogP contribution in [0.1, 0.15) is 35.4 Å². The second-order valence-electron chi connectivity index (χ2n) is 7.65. The molecule has 1 N–H and O–H groups in total. The number of aromatic nitrogens is 3. The van der Waals surface area contributed by atoms with Gasteiger partial charge >= 0.3 is 0 Å². The van der Waals surface area contributed by atoms with E-state index < -0.39 is 0 Å². The summed E-state index contributed by atoms with van der Waals surface area (Å²) in [6, 6.07) is 6.10. The van der Waals surface area contributed by atoms with Crippen molar-refractivity contribution >= 4 is 28.0 Å². The van der Waals surface area contributed by atoms with E-state index >= 15 is 0 Å². The van der Waals surface area contributed by atoms with Gasteiger partial charge in [-0.25, -0.2) is 4.98 Å². The standard InChI is InChI=1S/C20H22N4OS/c1-12-11-26-20(21-12)14-2-3-16-17(8-14)22-23-19(16)18(25)9-15-10-24-6-4-13(15)5-7-24/h2-3,8,11,13,15H,4-7,9-10H2,1H3,(H,22,23)/t15-/m1/s1. The summed E-state index contributed by atoms with van der Waals surface area (Å²) in [5.41, 5.74) is 3.60. The predicted molar refractivity (Wildman–Crippen MR) is 104 cm³/mol. The van der Waals surface area contributed by atoms with Crippen molar-refractivity contribution in [2.45, 2.75) is 26.2 Å². The number of aromatic amines is 1. The molecule has 3 fully saturated rings. The lowest BCUT2D eigenvalue weighted by atomic mass is 9.76. The van der Waals surface area contributed by atoms with Crippen molar-refractivity contribution < 1.29 is 4.79 Å². The first kappa shape index (κ1) is 16.1. The normalized spacial score (nSPS) is 25.0. The molecule has 0 aliphatic carbocycles. The molecule has 3 aliphatic rings. The maximum Gasteiger partial charge on any atom is 0.184 e. The number of aryl methyl sites for hydroxylation is 1. The number of hydrogen-bond donors (Lipinski definition) is 1.